The lowest BCUT2D eigenvalue weighted by Gasteiger charge is -2.14. The molecule has 0 bridgehead atoms. The molecule has 0 radical (unpaired) electrons. The molecule has 1 aliphatic heterocycles. The number of nitrogens with two attached hydrogens (primary N) is 1. The lowest BCUT2D eigenvalue weighted by atomic mass is 10.1. The van der Waals surface area contributed by atoms with E-state index in [4.69, 9.17) is 10.5 Å². The van der Waals surface area contributed by atoms with Crippen molar-refractivity contribution in [3.05, 3.63) is 23.8 Å². The van der Waals surface area contributed by atoms with Gasteiger partial charge in [-0.15, -0.1) is 0 Å². The van der Waals surface area contributed by atoms with Crippen molar-refractivity contribution in [2.24, 2.45) is 0 Å². The number of hydrogen-bond acceptors (Lipinski definition) is 5. The van der Waals surface area contributed by atoms with Gasteiger partial charge in [0.05, 0.1) is 36.7 Å². The van der Waals surface area contributed by atoms with E-state index in [1.54, 1.807) is 18.2 Å². The molecule has 1 aliphatic rings. The molecule has 0 saturated carbocycles. The van der Waals surface area contributed by atoms with Gasteiger partial charge < -0.3 is 20.5 Å². The Labute approximate surface area is 99.9 Å². The van der Waals surface area contributed by atoms with E-state index in [0.29, 0.717) is 23.9 Å². The van der Waals surface area contributed by atoms with Crippen molar-refractivity contribution in [2.75, 3.05) is 31.4 Å². The maximum atomic E-state index is 11.3. The van der Waals surface area contributed by atoms with Crippen LogP contribution in [-0.2, 0) is 9.47 Å². The second kappa shape index (κ2) is 5.05. The van der Waals surface area contributed by atoms with E-state index in [1.165, 1.54) is 7.11 Å². The third kappa shape index (κ3) is 2.68. The van der Waals surface area contributed by atoms with Crippen molar-refractivity contribution >= 4 is 17.3 Å². The number of esters is 1. The zero-order valence-electron chi connectivity index (χ0n) is 9.73. The molecule has 1 fully saturated rings. The van der Waals surface area contributed by atoms with Crippen molar-refractivity contribution < 1.29 is 14.3 Å². The summed E-state index contributed by atoms with van der Waals surface area (Å²) in [6.45, 7) is 1.47. The lowest BCUT2D eigenvalue weighted by molar-refractivity contribution is 0.0601. The van der Waals surface area contributed by atoms with Crippen LogP contribution in [0.2, 0.25) is 0 Å². The summed E-state index contributed by atoms with van der Waals surface area (Å²) in [5, 5.41) is 3.29. The van der Waals surface area contributed by atoms with Gasteiger partial charge in [-0.25, -0.2) is 4.79 Å². The predicted molar refractivity (Wildman–Crippen MR) is 65.0 cm³/mol. The average molecular weight is 236 g/mol. The highest BCUT2D eigenvalue weighted by Crippen LogP contribution is 2.22. The molecular formula is C12H16N2O3. The number of carbonyl (C=O) groups excluding carboxylic acids is 1. The molecule has 3 N–H and O–H groups in total. The molecule has 0 spiro atoms. The van der Waals surface area contributed by atoms with Crippen LogP contribution in [0.25, 0.3) is 0 Å². The van der Waals surface area contributed by atoms with E-state index in [9.17, 15) is 4.79 Å². The van der Waals surface area contributed by atoms with Crippen LogP contribution in [0.5, 0.6) is 0 Å². The number of methoxy groups -OCH3 is 1. The highest BCUT2D eigenvalue weighted by Gasteiger charge is 2.16. The minimum Gasteiger partial charge on any atom is -0.465 e. The van der Waals surface area contributed by atoms with E-state index >= 15 is 0 Å². The SMILES string of the molecule is COC(=O)c1ccc(NC2CCOC2)c(N)c1. The third-order valence-corrected chi connectivity index (χ3v) is 2.76. The maximum absolute atomic E-state index is 11.3. The molecule has 0 aliphatic carbocycles. The molecule has 1 saturated heterocycles. The molecule has 92 valence electrons. The van der Waals surface area contributed by atoms with Crippen LogP contribution in [0.1, 0.15) is 16.8 Å². The van der Waals surface area contributed by atoms with Gasteiger partial charge >= 0.3 is 5.97 Å². The van der Waals surface area contributed by atoms with Gasteiger partial charge in [-0.3, -0.25) is 0 Å². The fourth-order valence-electron chi connectivity index (χ4n) is 1.81. The van der Waals surface area contributed by atoms with Gasteiger partial charge in [-0.05, 0) is 24.6 Å². The Morgan fingerprint density at radius 2 is 2.41 bits per heavy atom. The van der Waals surface area contributed by atoms with Crippen LogP contribution >= 0.6 is 0 Å². The van der Waals surface area contributed by atoms with Crippen molar-refractivity contribution in [3.8, 4) is 0 Å². The molecule has 2 rings (SSSR count). The van der Waals surface area contributed by atoms with E-state index < -0.39 is 0 Å². The molecular weight excluding hydrogens is 220 g/mol. The zero-order valence-corrected chi connectivity index (χ0v) is 9.73. The largest absolute Gasteiger partial charge is 0.465 e. The first-order valence-corrected chi connectivity index (χ1v) is 5.53. The van der Waals surface area contributed by atoms with Crippen molar-refractivity contribution in [1.29, 1.82) is 0 Å². The minimum absolute atomic E-state index is 0.293. The summed E-state index contributed by atoms with van der Waals surface area (Å²) in [5.74, 6) is -0.382. The molecule has 0 aromatic heterocycles. The molecule has 1 aromatic rings. The Bertz CT molecular complexity index is 414. The van der Waals surface area contributed by atoms with E-state index in [2.05, 4.69) is 10.1 Å². The van der Waals surface area contributed by atoms with Crippen LogP contribution in [0.3, 0.4) is 0 Å². The molecule has 17 heavy (non-hydrogen) atoms. The summed E-state index contributed by atoms with van der Waals surface area (Å²) in [4.78, 5) is 11.3. The minimum atomic E-state index is -0.382. The number of nitrogens with one attached hydrogen (secondary N) is 1. The van der Waals surface area contributed by atoms with Gasteiger partial charge in [0.15, 0.2) is 0 Å². The number of anilines is 2. The first-order valence-electron chi connectivity index (χ1n) is 5.53. The molecule has 1 heterocycles. The number of carbonyl (C=O) groups is 1. The number of nitrogen functional groups attached to an aromatic ring is 1. The summed E-state index contributed by atoms with van der Waals surface area (Å²) < 4.78 is 9.90. The Hall–Kier alpha value is -1.75. The van der Waals surface area contributed by atoms with Gasteiger partial charge in [0.25, 0.3) is 0 Å². The van der Waals surface area contributed by atoms with Gasteiger partial charge in [0.2, 0.25) is 0 Å². The molecule has 1 atom stereocenters. The monoisotopic (exact) mass is 236 g/mol. The molecule has 5 nitrogen and oxygen atoms in total. The molecule has 1 unspecified atom stereocenters. The number of ether oxygens (including phenoxy) is 2. The highest BCUT2D eigenvalue weighted by atomic mass is 16.5. The Morgan fingerprint density at radius 3 is 3.00 bits per heavy atom. The van der Waals surface area contributed by atoms with Crippen LogP contribution < -0.4 is 11.1 Å². The van der Waals surface area contributed by atoms with Crippen molar-refractivity contribution in [3.63, 3.8) is 0 Å². The van der Waals surface area contributed by atoms with Crippen LogP contribution in [0.4, 0.5) is 11.4 Å². The summed E-state index contributed by atoms with van der Waals surface area (Å²) >= 11 is 0. The predicted octanol–water partition coefficient (Wildman–Crippen LogP) is 1.26. The number of benzene rings is 1. The third-order valence-electron chi connectivity index (χ3n) is 2.76. The van der Waals surface area contributed by atoms with E-state index in [1.807, 2.05) is 0 Å². The van der Waals surface area contributed by atoms with Crippen LogP contribution in [-0.4, -0.2) is 32.3 Å². The fourth-order valence-corrected chi connectivity index (χ4v) is 1.81. The Morgan fingerprint density at radius 1 is 1.59 bits per heavy atom. The van der Waals surface area contributed by atoms with Gasteiger partial charge in [0, 0.05) is 6.61 Å². The normalized spacial score (nSPS) is 19.0. The Kier molecular flexibility index (Phi) is 3.49. The van der Waals surface area contributed by atoms with E-state index in [-0.39, 0.29) is 5.97 Å². The topological polar surface area (TPSA) is 73.6 Å². The summed E-state index contributed by atoms with van der Waals surface area (Å²) in [6, 6.07) is 5.39. The standard InChI is InChI=1S/C12H16N2O3/c1-16-12(15)8-2-3-11(10(13)6-8)14-9-4-5-17-7-9/h2-3,6,9,14H,4-5,7,13H2,1H3. The van der Waals surface area contributed by atoms with Gasteiger partial charge in [-0.2, -0.15) is 0 Å². The van der Waals surface area contributed by atoms with Gasteiger partial charge in [-0.1, -0.05) is 0 Å². The smallest absolute Gasteiger partial charge is 0.337 e. The second-order valence-electron chi connectivity index (χ2n) is 4.00. The van der Waals surface area contributed by atoms with Crippen LogP contribution in [0.15, 0.2) is 18.2 Å². The lowest BCUT2D eigenvalue weighted by Crippen LogP contribution is -2.19. The first-order chi connectivity index (χ1) is 8.20. The summed E-state index contributed by atoms with van der Waals surface area (Å²) in [7, 11) is 1.35. The summed E-state index contributed by atoms with van der Waals surface area (Å²) in [6.07, 6.45) is 0.970. The van der Waals surface area contributed by atoms with Crippen LogP contribution in [0, 0.1) is 0 Å². The quantitative estimate of drug-likeness (QED) is 0.610. The number of rotatable bonds is 3. The molecule has 0 amide bonds. The van der Waals surface area contributed by atoms with E-state index in [0.717, 1.165) is 18.7 Å². The van der Waals surface area contributed by atoms with Gasteiger partial charge in [0.1, 0.15) is 0 Å². The first kappa shape index (κ1) is 11.7. The Balaban J connectivity index is 2.10. The highest BCUT2D eigenvalue weighted by molar-refractivity contribution is 5.91. The maximum Gasteiger partial charge on any atom is 0.337 e. The second-order valence-corrected chi connectivity index (χ2v) is 4.00. The average Bonchev–Trinajstić information content (AvgIpc) is 2.83. The molecule has 1 aromatic carbocycles. The van der Waals surface area contributed by atoms with Crippen molar-refractivity contribution in [1.82, 2.24) is 0 Å². The zero-order chi connectivity index (χ0) is 12.3. The number of hydrogen-bond donors (Lipinski definition) is 2. The summed E-state index contributed by atoms with van der Waals surface area (Å²) in [5.41, 5.74) is 7.71. The fraction of sp³-hybridized carbons (Fsp3) is 0.417. The molecule has 5 heteroatoms. The van der Waals surface area contributed by atoms with Crippen molar-refractivity contribution in [2.45, 2.75) is 12.5 Å².